The van der Waals surface area contributed by atoms with Gasteiger partial charge in [0.1, 0.15) is 18.1 Å². The number of aliphatic hydroxyl groups is 1. The molecule has 0 aliphatic carbocycles. The molecule has 1 aliphatic rings. The third kappa shape index (κ3) is 5.52. The highest BCUT2D eigenvalue weighted by Crippen LogP contribution is 2.51. The second-order valence-electron chi connectivity index (χ2n) is 8.95. The van der Waals surface area contributed by atoms with E-state index >= 15 is 0 Å². The molecule has 1 unspecified atom stereocenters. The first kappa shape index (κ1) is 26.0. The van der Waals surface area contributed by atoms with Crippen molar-refractivity contribution in [2.24, 2.45) is 5.10 Å². The van der Waals surface area contributed by atoms with Crippen molar-refractivity contribution in [3.63, 3.8) is 0 Å². The van der Waals surface area contributed by atoms with Crippen LogP contribution in [0.5, 0.6) is 11.5 Å². The van der Waals surface area contributed by atoms with Gasteiger partial charge < -0.3 is 19.5 Å². The number of hydrazone groups is 1. The fourth-order valence-corrected chi connectivity index (χ4v) is 4.87. The maximum Gasteiger partial charge on any atom is 0.271 e. The summed E-state index contributed by atoms with van der Waals surface area (Å²) in [5, 5.41) is 13.5. The molecule has 0 radical (unpaired) electrons. The van der Waals surface area contributed by atoms with Crippen LogP contribution in [0.25, 0.3) is 0 Å². The van der Waals surface area contributed by atoms with Crippen LogP contribution < -0.4 is 19.8 Å². The zero-order valence-electron chi connectivity index (χ0n) is 21.5. The normalized spacial score (nSPS) is 17.7. The molecule has 1 amide bonds. The van der Waals surface area contributed by atoms with Gasteiger partial charge in [0.05, 0.1) is 13.7 Å². The molecule has 0 saturated heterocycles. The van der Waals surface area contributed by atoms with Crippen molar-refractivity contribution < 1.29 is 19.4 Å². The molecular formula is C30H33N3O4. The molecule has 4 rings (SSSR count). The molecule has 2 N–H and O–H groups in total. The quantitative estimate of drug-likeness (QED) is 0.312. The number of nitrogens with zero attached hydrogens (tertiary/aromatic N) is 2. The van der Waals surface area contributed by atoms with Crippen LogP contribution in [0.4, 0.5) is 5.69 Å². The van der Waals surface area contributed by atoms with Gasteiger partial charge >= 0.3 is 0 Å². The fourth-order valence-electron chi connectivity index (χ4n) is 4.87. The number of carbonyl (C=O) groups excluding carboxylic acids is 1. The number of methoxy groups -OCH3 is 1. The number of ether oxygens (including phenoxy) is 2. The van der Waals surface area contributed by atoms with E-state index in [0.717, 1.165) is 40.6 Å². The van der Waals surface area contributed by atoms with Gasteiger partial charge in [0.2, 0.25) is 0 Å². The number of likely N-dealkylation sites (N-methyl/N-ethyl adjacent to an activating group) is 1. The van der Waals surface area contributed by atoms with Crippen molar-refractivity contribution in [2.45, 2.75) is 25.7 Å². The topological polar surface area (TPSA) is 83.4 Å². The van der Waals surface area contributed by atoms with Crippen molar-refractivity contribution in [3.8, 4) is 11.5 Å². The maximum absolute atomic E-state index is 12.4. The predicted molar refractivity (Wildman–Crippen MR) is 147 cm³/mol. The number of rotatable bonds is 10. The van der Waals surface area contributed by atoms with Crippen LogP contribution in [0.15, 0.2) is 89.7 Å². The Hall–Kier alpha value is -4.10. The largest absolute Gasteiger partial charge is 0.497 e. The fraction of sp³-hybridized carbons (Fsp3) is 0.267. The van der Waals surface area contributed by atoms with Crippen molar-refractivity contribution in [3.05, 3.63) is 101 Å². The molecule has 7 heteroatoms. The van der Waals surface area contributed by atoms with E-state index in [4.69, 9.17) is 9.47 Å². The minimum atomic E-state index is -0.436. The first-order valence-corrected chi connectivity index (χ1v) is 12.4. The Balaban J connectivity index is 1.71. The molecule has 0 fully saturated rings. The smallest absolute Gasteiger partial charge is 0.271 e. The number of fused-ring (bicyclic) bond motifs is 1. The molecule has 1 atom stereocenters. The molecule has 3 aromatic carbocycles. The summed E-state index contributed by atoms with van der Waals surface area (Å²) in [7, 11) is 1.67. The van der Waals surface area contributed by atoms with Gasteiger partial charge in [0.15, 0.2) is 0 Å². The number of anilines is 1. The average Bonchev–Trinajstić information content (AvgIpc) is 3.17. The minimum absolute atomic E-state index is 0.0500. The number of allylic oxidation sites excluding steroid dienone is 2. The van der Waals surface area contributed by atoms with Crippen molar-refractivity contribution in [1.82, 2.24) is 5.43 Å². The molecule has 0 bridgehead atoms. The second kappa shape index (κ2) is 11.8. The number of para-hydroxylation sites is 1. The highest BCUT2D eigenvalue weighted by atomic mass is 16.5. The monoisotopic (exact) mass is 499 g/mol. The Morgan fingerprint density at radius 3 is 2.59 bits per heavy atom. The van der Waals surface area contributed by atoms with E-state index in [1.807, 2.05) is 48.5 Å². The minimum Gasteiger partial charge on any atom is -0.497 e. The van der Waals surface area contributed by atoms with Gasteiger partial charge in [-0.2, -0.15) is 5.10 Å². The second-order valence-corrected chi connectivity index (χ2v) is 8.95. The summed E-state index contributed by atoms with van der Waals surface area (Å²) in [5.41, 5.74) is 7.04. The summed E-state index contributed by atoms with van der Waals surface area (Å²) in [6, 6.07) is 23.0. The molecule has 37 heavy (non-hydrogen) atoms. The number of carbonyl (C=O) groups is 1. The molecule has 1 aliphatic heterocycles. The summed E-state index contributed by atoms with van der Waals surface area (Å²) in [5.74, 6) is 1.27. The first-order valence-electron chi connectivity index (χ1n) is 12.4. The SMILES string of the molecule is CCN1/C(=C\C=N\NC(=O)c2ccccc2)C(C)(Cc2ccccc2OCCO)c2cc(OC)ccc21. The van der Waals surface area contributed by atoms with Crippen molar-refractivity contribution in [1.29, 1.82) is 0 Å². The molecule has 7 nitrogen and oxygen atoms in total. The van der Waals surface area contributed by atoms with E-state index in [1.54, 1.807) is 25.5 Å². The van der Waals surface area contributed by atoms with Gasteiger partial charge in [-0.15, -0.1) is 0 Å². The Labute approximate surface area is 218 Å². The number of aliphatic hydroxyl groups excluding tert-OH is 1. The Morgan fingerprint density at radius 1 is 1.11 bits per heavy atom. The lowest BCUT2D eigenvalue weighted by atomic mass is 9.76. The van der Waals surface area contributed by atoms with Crippen LogP contribution in [-0.4, -0.2) is 44.1 Å². The molecule has 0 saturated carbocycles. The van der Waals surface area contributed by atoms with E-state index in [0.29, 0.717) is 12.0 Å². The predicted octanol–water partition coefficient (Wildman–Crippen LogP) is 4.71. The molecule has 1 heterocycles. The lowest BCUT2D eigenvalue weighted by Gasteiger charge is -2.30. The molecule has 3 aromatic rings. The zero-order valence-corrected chi connectivity index (χ0v) is 21.5. The summed E-state index contributed by atoms with van der Waals surface area (Å²) in [6.07, 6.45) is 4.24. The molecule has 0 spiro atoms. The van der Waals surface area contributed by atoms with E-state index < -0.39 is 5.41 Å². The standard InChI is InChI=1S/C30H33N3O4/c1-4-33-26-15-14-24(36-3)20-25(26)30(2,21-23-12-8-9-13-27(23)37-19-18-34)28(33)16-17-31-32-29(35)22-10-6-5-7-11-22/h5-17,20,34H,4,18-19,21H2,1-3H3,(H,32,35)/b28-16-,31-17+. The summed E-state index contributed by atoms with van der Waals surface area (Å²) < 4.78 is 11.4. The van der Waals surface area contributed by atoms with Gasteiger partial charge in [-0.25, -0.2) is 5.43 Å². The van der Waals surface area contributed by atoms with Crippen molar-refractivity contribution in [2.75, 3.05) is 31.8 Å². The molecular weight excluding hydrogens is 466 g/mol. The Kier molecular flexibility index (Phi) is 8.25. The van der Waals surface area contributed by atoms with E-state index in [1.165, 1.54) is 0 Å². The summed E-state index contributed by atoms with van der Waals surface area (Å²) >= 11 is 0. The Morgan fingerprint density at radius 2 is 1.86 bits per heavy atom. The highest BCUT2D eigenvalue weighted by Gasteiger charge is 2.43. The van der Waals surface area contributed by atoms with Gasteiger partial charge in [-0.05, 0) is 73.9 Å². The Bertz CT molecular complexity index is 1290. The van der Waals surface area contributed by atoms with E-state index in [9.17, 15) is 9.90 Å². The number of benzene rings is 3. The zero-order chi connectivity index (χ0) is 26.3. The van der Waals surface area contributed by atoms with Crippen LogP contribution >= 0.6 is 0 Å². The summed E-state index contributed by atoms with van der Waals surface area (Å²) in [4.78, 5) is 14.7. The lowest BCUT2D eigenvalue weighted by Crippen LogP contribution is -2.31. The van der Waals surface area contributed by atoms with Crippen LogP contribution in [0.1, 0.15) is 35.3 Å². The third-order valence-corrected chi connectivity index (χ3v) is 6.64. The number of hydrogen-bond acceptors (Lipinski definition) is 6. The average molecular weight is 500 g/mol. The number of nitrogens with one attached hydrogen (secondary N) is 1. The van der Waals surface area contributed by atoms with Crippen molar-refractivity contribution >= 4 is 17.8 Å². The lowest BCUT2D eigenvalue weighted by molar-refractivity contribution is 0.0955. The van der Waals surface area contributed by atoms with E-state index in [2.05, 4.69) is 47.5 Å². The summed E-state index contributed by atoms with van der Waals surface area (Å²) in [6.45, 7) is 5.25. The third-order valence-electron chi connectivity index (χ3n) is 6.64. The first-order chi connectivity index (χ1) is 18.0. The van der Waals surface area contributed by atoms with Gasteiger partial charge in [0, 0.05) is 35.1 Å². The van der Waals surface area contributed by atoms with Gasteiger partial charge in [-0.3, -0.25) is 4.79 Å². The molecule has 192 valence electrons. The van der Waals surface area contributed by atoms with Crippen LogP contribution in [0.3, 0.4) is 0 Å². The van der Waals surface area contributed by atoms with Crippen LogP contribution in [-0.2, 0) is 11.8 Å². The highest BCUT2D eigenvalue weighted by molar-refractivity contribution is 5.94. The van der Waals surface area contributed by atoms with Gasteiger partial charge in [0.25, 0.3) is 5.91 Å². The molecule has 0 aromatic heterocycles. The van der Waals surface area contributed by atoms with Crippen LogP contribution in [0, 0.1) is 0 Å². The maximum atomic E-state index is 12.4. The van der Waals surface area contributed by atoms with Gasteiger partial charge in [-0.1, -0.05) is 36.4 Å². The number of amides is 1. The van der Waals surface area contributed by atoms with Crippen LogP contribution in [0.2, 0.25) is 0 Å². The number of hydrogen-bond donors (Lipinski definition) is 2. The van der Waals surface area contributed by atoms with E-state index in [-0.39, 0.29) is 19.1 Å².